The molecule has 0 bridgehead atoms. The molecule has 4 rings (SSSR count). The molecule has 0 aliphatic carbocycles. The molecule has 0 aliphatic heterocycles. The number of nitrogens with zero attached hydrogens (tertiary/aromatic N) is 2. The second kappa shape index (κ2) is 9.93. The molecule has 2 unspecified atom stereocenters. The predicted molar refractivity (Wildman–Crippen MR) is 130 cm³/mol. The Balaban J connectivity index is 1.70. The van der Waals surface area contributed by atoms with E-state index in [9.17, 15) is 18.0 Å². The molecular formula is C27H26F3N3O3. The first kappa shape index (κ1) is 25.1. The van der Waals surface area contributed by atoms with Crippen LogP contribution in [0.4, 0.5) is 13.2 Å². The topological polar surface area (TPSA) is 65.4 Å². The van der Waals surface area contributed by atoms with Gasteiger partial charge in [-0.05, 0) is 81.4 Å². The van der Waals surface area contributed by atoms with Gasteiger partial charge in [0, 0.05) is 10.9 Å². The first-order valence-electron chi connectivity index (χ1n) is 11.3. The van der Waals surface area contributed by atoms with Crippen LogP contribution in [0.15, 0.2) is 66.9 Å². The van der Waals surface area contributed by atoms with E-state index in [0.717, 1.165) is 24.8 Å². The third kappa shape index (κ3) is 5.30. The van der Waals surface area contributed by atoms with E-state index in [2.05, 4.69) is 10.4 Å². The quantitative estimate of drug-likeness (QED) is 0.340. The van der Waals surface area contributed by atoms with Gasteiger partial charge in [0.1, 0.15) is 29.2 Å². The van der Waals surface area contributed by atoms with Gasteiger partial charge in [0.25, 0.3) is 5.91 Å². The summed E-state index contributed by atoms with van der Waals surface area (Å²) in [7, 11) is 1.44. The average molecular weight is 498 g/mol. The number of aromatic nitrogens is 2. The minimum Gasteiger partial charge on any atom is -0.496 e. The van der Waals surface area contributed by atoms with Crippen molar-refractivity contribution in [3.8, 4) is 17.2 Å². The Morgan fingerprint density at radius 1 is 1.03 bits per heavy atom. The minimum absolute atomic E-state index is 0.345. The van der Waals surface area contributed by atoms with E-state index < -0.39 is 29.5 Å². The molecule has 0 aliphatic rings. The Morgan fingerprint density at radius 3 is 2.39 bits per heavy atom. The Morgan fingerprint density at radius 2 is 1.72 bits per heavy atom. The highest BCUT2D eigenvalue weighted by Gasteiger charge is 2.32. The maximum Gasteiger partial charge on any atom is 0.257 e. The number of ether oxygens (including phenoxy) is 2. The predicted octanol–water partition coefficient (Wildman–Crippen LogP) is 5.69. The summed E-state index contributed by atoms with van der Waals surface area (Å²) >= 11 is 0. The van der Waals surface area contributed by atoms with Gasteiger partial charge in [0.2, 0.25) is 0 Å². The number of methoxy groups -OCH3 is 1. The number of alkyl halides is 1. The minimum atomic E-state index is -2.11. The molecule has 0 spiro atoms. The molecule has 6 nitrogen and oxygen atoms in total. The van der Waals surface area contributed by atoms with Crippen LogP contribution in [-0.4, -0.2) is 34.5 Å². The van der Waals surface area contributed by atoms with Gasteiger partial charge in [-0.25, -0.2) is 17.9 Å². The SMILES string of the molecule is COc1ccc(F)cc1C(Oc1ccc2c(cnn2-c2ccc(F)cc2)c1)C(C)NC(=O)C(C)(C)F. The summed E-state index contributed by atoms with van der Waals surface area (Å²) in [6.45, 7) is 3.95. The van der Waals surface area contributed by atoms with Crippen LogP contribution < -0.4 is 14.8 Å². The zero-order chi connectivity index (χ0) is 26.0. The average Bonchev–Trinajstić information content (AvgIpc) is 3.25. The highest BCUT2D eigenvalue weighted by Crippen LogP contribution is 2.34. The van der Waals surface area contributed by atoms with E-state index in [0.29, 0.717) is 22.7 Å². The Labute approximate surface area is 206 Å². The lowest BCUT2D eigenvalue weighted by Crippen LogP contribution is -2.46. The number of hydrogen-bond acceptors (Lipinski definition) is 4. The van der Waals surface area contributed by atoms with Crippen LogP contribution in [0, 0.1) is 11.6 Å². The number of carbonyl (C=O) groups excluding carboxylic acids is 1. The van der Waals surface area contributed by atoms with Crippen LogP contribution in [0.2, 0.25) is 0 Å². The van der Waals surface area contributed by atoms with Crippen molar-refractivity contribution in [1.82, 2.24) is 15.1 Å². The molecule has 0 radical (unpaired) electrons. The summed E-state index contributed by atoms with van der Waals surface area (Å²) in [4.78, 5) is 12.3. The summed E-state index contributed by atoms with van der Waals surface area (Å²) in [6.07, 6.45) is 0.728. The van der Waals surface area contributed by atoms with Crippen molar-refractivity contribution in [2.75, 3.05) is 7.11 Å². The molecule has 1 heterocycles. The summed E-state index contributed by atoms with van der Waals surface area (Å²) < 4.78 is 55.0. The van der Waals surface area contributed by atoms with Crippen molar-refractivity contribution >= 4 is 16.8 Å². The standard InChI is InChI=1S/C27H26F3N3O3/c1-16(32-26(34)27(2,3)30)25(22-14-19(29)7-12-24(22)35-4)36-21-10-11-23-17(13-21)15-31-33(23)20-8-5-18(28)6-9-20/h5-16,25H,1-4H3,(H,32,34). The molecule has 1 aromatic heterocycles. The number of nitrogens with one attached hydrogen (secondary N) is 1. The molecule has 2 atom stereocenters. The number of amides is 1. The van der Waals surface area contributed by atoms with E-state index in [1.54, 1.807) is 48.1 Å². The number of halogens is 3. The molecule has 0 saturated carbocycles. The van der Waals surface area contributed by atoms with Crippen molar-refractivity contribution in [2.45, 2.75) is 38.6 Å². The van der Waals surface area contributed by atoms with Crippen LogP contribution in [0.3, 0.4) is 0 Å². The third-order valence-corrected chi connectivity index (χ3v) is 5.72. The second-order valence-electron chi connectivity index (χ2n) is 8.91. The number of fused-ring (bicyclic) bond motifs is 1. The number of rotatable bonds is 8. The van der Waals surface area contributed by atoms with E-state index in [-0.39, 0.29) is 5.82 Å². The van der Waals surface area contributed by atoms with Crippen molar-refractivity contribution in [1.29, 1.82) is 0 Å². The van der Waals surface area contributed by atoms with Gasteiger partial charge >= 0.3 is 0 Å². The molecule has 0 fully saturated rings. The van der Waals surface area contributed by atoms with E-state index in [4.69, 9.17) is 9.47 Å². The molecule has 4 aromatic rings. The van der Waals surface area contributed by atoms with Crippen molar-refractivity contribution in [2.24, 2.45) is 0 Å². The molecule has 1 N–H and O–H groups in total. The van der Waals surface area contributed by atoms with E-state index >= 15 is 0 Å². The van der Waals surface area contributed by atoms with Crippen molar-refractivity contribution in [3.63, 3.8) is 0 Å². The van der Waals surface area contributed by atoms with Gasteiger partial charge in [0.15, 0.2) is 5.67 Å². The molecule has 1 amide bonds. The monoisotopic (exact) mass is 497 g/mol. The van der Waals surface area contributed by atoms with Gasteiger partial charge in [-0.1, -0.05) is 0 Å². The smallest absolute Gasteiger partial charge is 0.257 e. The highest BCUT2D eigenvalue weighted by molar-refractivity contribution is 5.84. The first-order chi connectivity index (χ1) is 17.1. The van der Waals surface area contributed by atoms with E-state index in [1.807, 2.05) is 0 Å². The molecule has 188 valence electrons. The van der Waals surface area contributed by atoms with Crippen molar-refractivity contribution < 1.29 is 27.4 Å². The lowest BCUT2D eigenvalue weighted by molar-refractivity contribution is -0.132. The largest absolute Gasteiger partial charge is 0.496 e. The van der Waals surface area contributed by atoms with Gasteiger partial charge in [0.05, 0.1) is 30.6 Å². The van der Waals surface area contributed by atoms with Gasteiger partial charge in [-0.2, -0.15) is 5.10 Å². The van der Waals surface area contributed by atoms with Crippen LogP contribution in [-0.2, 0) is 4.79 Å². The number of carbonyl (C=O) groups is 1. The lowest BCUT2D eigenvalue weighted by atomic mass is 10.0. The van der Waals surface area contributed by atoms with Crippen LogP contribution in [0.1, 0.15) is 32.4 Å². The van der Waals surface area contributed by atoms with Gasteiger partial charge < -0.3 is 14.8 Å². The zero-order valence-electron chi connectivity index (χ0n) is 20.3. The van der Waals surface area contributed by atoms with Crippen LogP contribution in [0.25, 0.3) is 16.6 Å². The molecule has 36 heavy (non-hydrogen) atoms. The summed E-state index contributed by atoms with van der Waals surface area (Å²) in [5.41, 5.74) is -0.315. The maximum absolute atomic E-state index is 14.2. The third-order valence-electron chi connectivity index (χ3n) is 5.72. The fourth-order valence-corrected chi connectivity index (χ4v) is 3.84. The number of hydrogen-bond donors (Lipinski definition) is 1. The fraction of sp³-hybridized carbons (Fsp3) is 0.259. The second-order valence-corrected chi connectivity index (χ2v) is 8.91. The van der Waals surface area contributed by atoms with Crippen LogP contribution in [0.5, 0.6) is 11.5 Å². The van der Waals surface area contributed by atoms with Gasteiger partial charge in [-0.3, -0.25) is 4.79 Å². The normalized spacial score (nSPS) is 13.3. The summed E-state index contributed by atoms with van der Waals surface area (Å²) in [5, 5.41) is 7.74. The first-order valence-corrected chi connectivity index (χ1v) is 11.3. The van der Waals surface area contributed by atoms with Crippen LogP contribution >= 0.6 is 0 Å². The Kier molecular flexibility index (Phi) is 6.92. The highest BCUT2D eigenvalue weighted by atomic mass is 19.1. The lowest BCUT2D eigenvalue weighted by Gasteiger charge is -2.29. The molecular weight excluding hydrogens is 471 g/mol. The zero-order valence-corrected chi connectivity index (χ0v) is 20.3. The van der Waals surface area contributed by atoms with Crippen molar-refractivity contribution in [3.05, 3.63) is 84.1 Å². The Hall–Kier alpha value is -4.01. The molecule has 3 aromatic carbocycles. The van der Waals surface area contributed by atoms with E-state index in [1.165, 1.54) is 37.4 Å². The fourth-order valence-electron chi connectivity index (χ4n) is 3.84. The summed E-state index contributed by atoms with van der Waals surface area (Å²) in [5.74, 6) is -0.915. The Bertz CT molecular complexity index is 1380. The molecule has 9 heteroatoms. The maximum atomic E-state index is 14.2. The number of benzene rings is 3. The molecule has 0 saturated heterocycles. The van der Waals surface area contributed by atoms with Gasteiger partial charge in [-0.15, -0.1) is 0 Å². The summed E-state index contributed by atoms with van der Waals surface area (Å²) in [6, 6.07) is 14.4.